The summed E-state index contributed by atoms with van der Waals surface area (Å²) in [6, 6.07) is 0. The highest BCUT2D eigenvalue weighted by molar-refractivity contribution is 9.12. The molecule has 3 saturated carbocycles. The Kier molecular flexibility index (Phi) is 6.76. The molecule has 0 spiro atoms. The molecule has 0 heterocycles. The highest BCUT2D eigenvalue weighted by Crippen LogP contribution is 2.68. The monoisotopic (exact) mass is 540 g/mol. The largest absolute Gasteiger partial charge is 0.292 e. The molecule has 4 aliphatic rings. The number of ketones is 1. The lowest BCUT2D eigenvalue weighted by Crippen LogP contribution is -2.52. The Balaban J connectivity index is 1.53. The number of allylic oxidation sites excluding steroid dienone is 1. The summed E-state index contributed by atoms with van der Waals surface area (Å²) in [6.07, 6.45) is 13.3. The molecule has 3 fully saturated rings. The Bertz CT molecular complexity index is 712. The standard InChI is InChI=1S/C27H42Br2O/c1-16(2)7-6-8-17(3)19-11-12-20-18-9-10-22-24(29)25(30)23(28)15-27(22,5)21(18)13-14-26(19,20)4/h16-21,23H,6-15H2,1-5H3/t17-,18+,19-,20+,21+,23-,26-,27-/m1/s1. The van der Waals surface area contributed by atoms with Gasteiger partial charge < -0.3 is 0 Å². The topological polar surface area (TPSA) is 17.1 Å². The van der Waals surface area contributed by atoms with Gasteiger partial charge in [-0.3, -0.25) is 4.79 Å². The highest BCUT2D eigenvalue weighted by atomic mass is 79.9. The van der Waals surface area contributed by atoms with Gasteiger partial charge in [0.15, 0.2) is 5.78 Å². The maximum absolute atomic E-state index is 12.6. The van der Waals surface area contributed by atoms with Crippen molar-refractivity contribution in [1.29, 1.82) is 0 Å². The normalized spacial score (nSPS) is 44.7. The van der Waals surface area contributed by atoms with Crippen molar-refractivity contribution in [2.75, 3.05) is 0 Å². The molecule has 30 heavy (non-hydrogen) atoms. The van der Waals surface area contributed by atoms with Crippen molar-refractivity contribution >= 4 is 37.6 Å². The number of carbonyl (C=O) groups is 1. The first-order valence-electron chi connectivity index (χ1n) is 12.7. The maximum Gasteiger partial charge on any atom is 0.183 e. The van der Waals surface area contributed by atoms with Crippen molar-refractivity contribution < 1.29 is 4.79 Å². The van der Waals surface area contributed by atoms with Gasteiger partial charge in [0.25, 0.3) is 0 Å². The molecule has 0 N–H and O–H groups in total. The third kappa shape index (κ3) is 3.74. The van der Waals surface area contributed by atoms with Crippen molar-refractivity contribution in [3.05, 3.63) is 10.1 Å². The molecule has 0 aromatic rings. The van der Waals surface area contributed by atoms with Crippen LogP contribution in [0.15, 0.2) is 10.1 Å². The first kappa shape index (κ1) is 23.5. The minimum absolute atomic E-state index is 0.00927. The fourth-order valence-corrected chi connectivity index (χ4v) is 10.8. The molecule has 0 amide bonds. The number of hydrogen-bond donors (Lipinski definition) is 0. The van der Waals surface area contributed by atoms with Crippen molar-refractivity contribution in [2.45, 2.75) is 104 Å². The lowest BCUT2D eigenvalue weighted by atomic mass is 9.46. The third-order valence-corrected chi connectivity index (χ3v) is 11.9. The van der Waals surface area contributed by atoms with Crippen molar-refractivity contribution in [3.63, 3.8) is 0 Å². The van der Waals surface area contributed by atoms with Gasteiger partial charge in [0.1, 0.15) is 0 Å². The summed E-state index contributed by atoms with van der Waals surface area (Å²) in [7, 11) is 0. The zero-order valence-corrected chi connectivity index (χ0v) is 22.9. The summed E-state index contributed by atoms with van der Waals surface area (Å²) >= 11 is 7.44. The van der Waals surface area contributed by atoms with Crippen LogP contribution in [0.4, 0.5) is 0 Å². The molecule has 170 valence electrons. The van der Waals surface area contributed by atoms with E-state index >= 15 is 0 Å². The first-order chi connectivity index (χ1) is 14.1. The molecule has 1 nitrogen and oxygen atoms in total. The highest BCUT2D eigenvalue weighted by Gasteiger charge is 2.60. The second-order valence-electron chi connectivity index (χ2n) is 12.2. The van der Waals surface area contributed by atoms with E-state index in [1.54, 1.807) is 0 Å². The van der Waals surface area contributed by atoms with Gasteiger partial charge >= 0.3 is 0 Å². The SMILES string of the molecule is CC(C)CCC[C@@H](C)[C@H]1CC[C@H]2[C@@H]3CCC4=C(Br)C(=O)[C@H](Br)C[C@]4(C)[C@H]3CC[C@]12C. The van der Waals surface area contributed by atoms with Crippen LogP contribution >= 0.6 is 31.9 Å². The van der Waals surface area contributed by atoms with Gasteiger partial charge in [-0.15, -0.1) is 0 Å². The van der Waals surface area contributed by atoms with E-state index in [-0.39, 0.29) is 16.0 Å². The second kappa shape index (κ2) is 8.62. The summed E-state index contributed by atoms with van der Waals surface area (Å²) in [5.41, 5.74) is 2.20. The van der Waals surface area contributed by atoms with Crippen LogP contribution in [-0.2, 0) is 4.79 Å². The predicted octanol–water partition coefficient (Wildman–Crippen LogP) is 8.69. The van der Waals surface area contributed by atoms with E-state index in [0.717, 1.165) is 52.8 Å². The van der Waals surface area contributed by atoms with Crippen LogP contribution in [0.25, 0.3) is 0 Å². The summed E-state index contributed by atoms with van der Waals surface area (Å²) in [5, 5.41) is 0. The molecule has 4 aliphatic carbocycles. The average Bonchev–Trinajstić information content (AvgIpc) is 3.03. The van der Waals surface area contributed by atoms with E-state index < -0.39 is 0 Å². The van der Waals surface area contributed by atoms with E-state index in [2.05, 4.69) is 66.5 Å². The van der Waals surface area contributed by atoms with E-state index in [9.17, 15) is 4.79 Å². The Morgan fingerprint density at radius 2 is 1.77 bits per heavy atom. The van der Waals surface area contributed by atoms with Gasteiger partial charge in [-0.1, -0.05) is 69.8 Å². The van der Waals surface area contributed by atoms with E-state index in [4.69, 9.17) is 0 Å². The number of halogens is 2. The van der Waals surface area contributed by atoms with Crippen LogP contribution in [-0.4, -0.2) is 10.6 Å². The van der Waals surface area contributed by atoms with Crippen LogP contribution in [0.2, 0.25) is 0 Å². The average molecular weight is 542 g/mol. The van der Waals surface area contributed by atoms with Crippen LogP contribution in [0.3, 0.4) is 0 Å². The number of rotatable bonds is 5. The van der Waals surface area contributed by atoms with Crippen molar-refractivity contribution in [2.24, 2.45) is 46.3 Å². The van der Waals surface area contributed by atoms with Crippen LogP contribution < -0.4 is 0 Å². The van der Waals surface area contributed by atoms with Crippen molar-refractivity contribution in [3.8, 4) is 0 Å². The number of Topliss-reactive ketones (excluding diaryl/α,β-unsaturated/α-hetero) is 1. The van der Waals surface area contributed by atoms with Crippen LogP contribution in [0, 0.1) is 46.3 Å². The molecule has 4 rings (SSSR count). The lowest BCUT2D eigenvalue weighted by Gasteiger charge is -2.59. The van der Waals surface area contributed by atoms with E-state index in [0.29, 0.717) is 5.41 Å². The van der Waals surface area contributed by atoms with Crippen molar-refractivity contribution in [1.82, 2.24) is 0 Å². The number of alkyl halides is 1. The zero-order chi connectivity index (χ0) is 21.8. The lowest BCUT2D eigenvalue weighted by molar-refractivity contribution is -0.117. The maximum atomic E-state index is 12.6. The molecule has 3 heteroatoms. The number of fused-ring (bicyclic) bond motifs is 5. The van der Waals surface area contributed by atoms with E-state index in [1.807, 2.05) is 0 Å². The van der Waals surface area contributed by atoms with Crippen LogP contribution in [0.1, 0.15) is 98.8 Å². The quantitative estimate of drug-likeness (QED) is 0.318. The van der Waals surface area contributed by atoms with Gasteiger partial charge in [-0.05, 0) is 113 Å². The van der Waals surface area contributed by atoms with Gasteiger partial charge in [0.2, 0.25) is 0 Å². The predicted molar refractivity (Wildman–Crippen MR) is 134 cm³/mol. The molecular formula is C27H42Br2O. The number of hydrogen-bond acceptors (Lipinski definition) is 1. The second-order valence-corrected chi connectivity index (χ2v) is 14.1. The third-order valence-electron chi connectivity index (χ3n) is 10.2. The Morgan fingerprint density at radius 1 is 1.03 bits per heavy atom. The molecule has 8 atom stereocenters. The summed E-state index contributed by atoms with van der Waals surface area (Å²) in [6.45, 7) is 12.4. The summed E-state index contributed by atoms with van der Waals surface area (Å²) in [4.78, 5) is 12.6. The fraction of sp³-hybridized carbons (Fsp3) is 0.889. The molecule has 0 saturated heterocycles. The molecule has 0 unspecified atom stereocenters. The van der Waals surface area contributed by atoms with Gasteiger partial charge in [-0.2, -0.15) is 0 Å². The summed E-state index contributed by atoms with van der Waals surface area (Å²) in [5.74, 6) is 5.43. The number of carbonyl (C=O) groups excluding carboxylic acids is 1. The summed E-state index contributed by atoms with van der Waals surface area (Å²) < 4.78 is 0.910. The van der Waals surface area contributed by atoms with E-state index in [1.165, 1.54) is 56.9 Å². The first-order valence-corrected chi connectivity index (χ1v) is 14.4. The van der Waals surface area contributed by atoms with Gasteiger partial charge in [0.05, 0.1) is 9.31 Å². The zero-order valence-electron chi connectivity index (χ0n) is 19.8. The van der Waals surface area contributed by atoms with Gasteiger partial charge in [-0.25, -0.2) is 0 Å². The molecule has 0 bridgehead atoms. The molecule has 0 aromatic heterocycles. The Hall–Kier alpha value is 0.370. The van der Waals surface area contributed by atoms with Crippen LogP contribution in [0.5, 0.6) is 0 Å². The minimum Gasteiger partial charge on any atom is -0.292 e. The molecular weight excluding hydrogens is 500 g/mol. The van der Waals surface area contributed by atoms with Gasteiger partial charge in [0, 0.05) is 0 Å². The Morgan fingerprint density at radius 3 is 2.47 bits per heavy atom. The molecule has 0 aliphatic heterocycles. The minimum atomic E-state index is -0.00927. The molecule has 0 radical (unpaired) electrons. The smallest absolute Gasteiger partial charge is 0.183 e. The Labute approximate surface area is 201 Å². The fourth-order valence-electron chi connectivity index (χ4n) is 8.71. The molecule has 0 aromatic carbocycles.